The van der Waals surface area contributed by atoms with Crippen LogP contribution in [0.1, 0.15) is 28.9 Å². The van der Waals surface area contributed by atoms with E-state index >= 15 is 0 Å². The molecule has 0 bridgehead atoms. The zero-order chi connectivity index (χ0) is 19.6. The first-order valence-corrected chi connectivity index (χ1v) is 8.65. The number of nitro benzene ring substituents is 1. The lowest BCUT2D eigenvalue weighted by atomic mass is 10.1. The first-order chi connectivity index (χ1) is 12.9. The molecule has 1 heterocycles. The zero-order valence-corrected chi connectivity index (χ0v) is 15.6. The minimum atomic E-state index is -0.536. The number of hydrogen-bond acceptors (Lipinski definition) is 4. The Hall–Kier alpha value is -2.90. The third-order valence-electron chi connectivity index (χ3n) is 3.99. The number of halogens is 2. The first kappa shape index (κ1) is 18.9. The number of amides is 1. The number of nitrogens with one attached hydrogen (secondary N) is 1. The van der Waals surface area contributed by atoms with Gasteiger partial charge < -0.3 is 9.88 Å². The van der Waals surface area contributed by atoms with Gasteiger partial charge in [-0.05, 0) is 36.8 Å². The van der Waals surface area contributed by atoms with Crippen LogP contribution in [0.4, 0.5) is 5.69 Å². The van der Waals surface area contributed by atoms with Crippen LogP contribution in [0.25, 0.3) is 5.69 Å². The summed E-state index contributed by atoms with van der Waals surface area (Å²) < 4.78 is 1.51. The summed E-state index contributed by atoms with van der Waals surface area (Å²) in [6.45, 7) is 1.77. The fourth-order valence-electron chi connectivity index (χ4n) is 2.64. The van der Waals surface area contributed by atoms with Gasteiger partial charge in [-0.3, -0.25) is 14.9 Å². The van der Waals surface area contributed by atoms with Crippen LogP contribution < -0.4 is 5.32 Å². The van der Waals surface area contributed by atoms with E-state index in [9.17, 15) is 14.9 Å². The first-order valence-electron chi connectivity index (χ1n) is 7.89. The number of carbonyl (C=O) groups excluding carboxylic acids is 1. The van der Waals surface area contributed by atoms with Crippen molar-refractivity contribution < 1.29 is 9.72 Å². The van der Waals surface area contributed by atoms with E-state index in [0.717, 1.165) is 0 Å². The Morgan fingerprint density at radius 1 is 1.26 bits per heavy atom. The van der Waals surface area contributed by atoms with E-state index in [1.165, 1.54) is 35.3 Å². The molecule has 3 aromatic rings. The Labute approximate surface area is 164 Å². The second-order valence-electron chi connectivity index (χ2n) is 5.79. The smallest absolute Gasteiger partial charge is 0.294 e. The largest absolute Gasteiger partial charge is 0.345 e. The van der Waals surface area contributed by atoms with Gasteiger partial charge in [0, 0.05) is 34.1 Å². The van der Waals surface area contributed by atoms with Crippen molar-refractivity contribution in [1.82, 2.24) is 14.9 Å². The number of nitro groups is 1. The predicted molar refractivity (Wildman–Crippen MR) is 103 cm³/mol. The molecule has 1 N–H and O–H groups in total. The molecule has 0 spiro atoms. The second kappa shape index (κ2) is 7.77. The van der Waals surface area contributed by atoms with Crippen LogP contribution in [-0.4, -0.2) is 20.4 Å². The summed E-state index contributed by atoms with van der Waals surface area (Å²) >= 11 is 12.1. The van der Waals surface area contributed by atoms with Crippen molar-refractivity contribution in [2.75, 3.05) is 0 Å². The van der Waals surface area contributed by atoms with Crippen LogP contribution in [0.5, 0.6) is 0 Å². The fourth-order valence-corrected chi connectivity index (χ4v) is 3.21. The summed E-state index contributed by atoms with van der Waals surface area (Å²) in [4.78, 5) is 27.3. The van der Waals surface area contributed by atoms with E-state index in [0.29, 0.717) is 21.3 Å². The summed E-state index contributed by atoms with van der Waals surface area (Å²) in [7, 11) is 0. The topological polar surface area (TPSA) is 90.1 Å². The van der Waals surface area contributed by atoms with E-state index in [1.807, 2.05) is 0 Å². The molecule has 0 fully saturated rings. The third-order valence-corrected chi connectivity index (χ3v) is 4.56. The lowest BCUT2D eigenvalue weighted by Gasteiger charge is -2.16. The highest BCUT2D eigenvalue weighted by Gasteiger charge is 2.20. The Kier molecular flexibility index (Phi) is 5.43. The number of benzene rings is 2. The maximum atomic E-state index is 12.6. The van der Waals surface area contributed by atoms with Gasteiger partial charge in [-0.15, -0.1) is 0 Å². The summed E-state index contributed by atoms with van der Waals surface area (Å²) in [6.07, 6.45) is 4.56. The molecule has 1 aromatic heterocycles. The molecule has 0 aliphatic heterocycles. The minimum Gasteiger partial charge on any atom is -0.345 e. The highest BCUT2D eigenvalue weighted by molar-refractivity contribution is 6.35. The molecule has 0 radical (unpaired) electrons. The summed E-state index contributed by atoms with van der Waals surface area (Å²) in [6, 6.07) is 8.85. The van der Waals surface area contributed by atoms with E-state index in [4.69, 9.17) is 23.2 Å². The van der Waals surface area contributed by atoms with Gasteiger partial charge in [-0.1, -0.05) is 29.3 Å². The Bertz CT molecular complexity index is 1010. The van der Waals surface area contributed by atoms with E-state index in [2.05, 4.69) is 10.3 Å². The molecule has 1 amide bonds. The third kappa shape index (κ3) is 4.10. The second-order valence-corrected chi connectivity index (χ2v) is 6.64. The molecule has 1 atom stereocenters. The average Bonchev–Trinajstić information content (AvgIpc) is 3.15. The molecule has 7 nitrogen and oxygen atoms in total. The van der Waals surface area contributed by atoms with Gasteiger partial charge in [0.2, 0.25) is 0 Å². The number of imidazole rings is 1. The maximum Gasteiger partial charge on any atom is 0.294 e. The van der Waals surface area contributed by atoms with E-state index < -0.39 is 16.9 Å². The van der Waals surface area contributed by atoms with Gasteiger partial charge in [-0.25, -0.2) is 4.98 Å². The van der Waals surface area contributed by atoms with Gasteiger partial charge in [0.1, 0.15) is 5.69 Å². The van der Waals surface area contributed by atoms with Crippen molar-refractivity contribution in [2.24, 2.45) is 0 Å². The van der Waals surface area contributed by atoms with Crippen molar-refractivity contribution in [3.05, 3.63) is 86.4 Å². The standard InChI is InChI=1S/C18H14Cl2N4O3/c1-11(14-4-3-13(19)9-15(14)20)22-18(25)12-2-5-16(17(8-12)24(26)27)23-7-6-21-10-23/h2-11H,1H3,(H,22,25). The van der Waals surface area contributed by atoms with Gasteiger partial charge in [0.15, 0.2) is 0 Å². The SMILES string of the molecule is CC(NC(=O)c1ccc(-n2ccnc2)c([N+](=O)[O-])c1)c1ccc(Cl)cc1Cl. The van der Waals surface area contributed by atoms with Crippen LogP contribution in [-0.2, 0) is 0 Å². The van der Waals surface area contributed by atoms with Crippen molar-refractivity contribution in [1.29, 1.82) is 0 Å². The van der Waals surface area contributed by atoms with Crippen LogP contribution >= 0.6 is 23.2 Å². The molecule has 27 heavy (non-hydrogen) atoms. The molecule has 138 valence electrons. The number of aromatic nitrogens is 2. The van der Waals surface area contributed by atoms with E-state index in [1.54, 1.807) is 31.3 Å². The van der Waals surface area contributed by atoms with Crippen LogP contribution in [0, 0.1) is 10.1 Å². The molecule has 0 aliphatic rings. The molecular formula is C18H14Cl2N4O3. The van der Waals surface area contributed by atoms with Crippen molar-refractivity contribution in [2.45, 2.75) is 13.0 Å². The molecular weight excluding hydrogens is 391 g/mol. The molecule has 0 saturated heterocycles. The maximum absolute atomic E-state index is 12.6. The number of hydrogen-bond donors (Lipinski definition) is 1. The van der Waals surface area contributed by atoms with Crippen LogP contribution in [0.15, 0.2) is 55.1 Å². The van der Waals surface area contributed by atoms with Crippen molar-refractivity contribution >= 4 is 34.8 Å². The van der Waals surface area contributed by atoms with Crippen LogP contribution in [0.3, 0.4) is 0 Å². The molecule has 9 heteroatoms. The Morgan fingerprint density at radius 3 is 2.67 bits per heavy atom. The zero-order valence-electron chi connectivity index (χ0n) is 14.1. The normalized spacial score (nSPS) is 11.8. The fraction of sp³-hybridized carbons (Fsp3) is 0.111. The van der Waals surface area contributed by atoms with Gasteiger partial charge in [0.25, 0.3) is 11.6 Å². The number of carbonyl (C=O) groups is 1. The van der Waals surface area contributed by atoms with Crippen molar-refractivity contribution in [3.63, 3.8) is 0 Å². The molecule has 2 aromatic carbocycles. The molecule has 0 aliphatic carbocycles. The van der Waals surface area contributed by atoms with Gasteiger partial charge in [0.05, 0.1) is 17.3 Å². The quantitative estimate of drug-likeness (QED) is 0.497. The Morgan fingerprint density at radius 2 is 2.04 bits per heavy atom. The predicted octanol–water partition coefficient (Wildman–Crippen LogP) is 4.58. The van der Waals surface area contributed by atoms with Crippen molar-refractivity contribution in [3.8, 4) is 5.69 Å². The highest BCUT2D eigenvalue weighted by Crippen LogP contribution is 2.27. The molecule has 1 unspecified atom stereocenters. The average molecular weight is 405 g/mol. The van der Waals surface area contributed by atoms with Crippen LogP contribution in [0.2, 0.25) is 10.0 Å². The summed E-state index contributed by atoms with van der Waals surface area (Å²) in [5.41, 5.74) is 0.988. The highest BCUT2D eigenvalue weighted by atomic mass is 35.5. The number of rotatable bonds is 5. The molecule has 0 saturated carbocycles. The Balaban J connectivity index is 1.86. The van der Waals surface area contributed by atoms with Gasteiger partial charge in [-0.2, -0.15) is 0 Å². The van der Waals surface area contributed by atoms with Gasteiger partial charge >= 0.3 is 0 Å². The molecule has 3 rings (SSSR count). The van der Waals surface area contributed by atoms with E-state index in [-0.39, 0.29) is 11.3 Å². The lowest BCUT2D eigenvalue weighted by molar-refractivity contribution is -0.384. The lowest BCUT2D eigenvalue weighted by Crippen LogP contribution is -2.27. The number of nitrogens with zero attached hydrogens (tertiary/aromatic N) is 3. The monoisotopic (exact) mass is 404 g/mol. The summed E-state index contributed by atoms with van der Waals surface area (Å²) in [5.74, 6) is -0.450. The summed E-state index contributed by atoms with van der Waals surface area (Å²) in [5, 5.41) is 15.1. The minimum absolute atomic E-state index is 0.169.